The van der Waals surface area contributed by atoms with Gasteiger partial charge in [-0.15, -0.1) is 0 Å². The second-order valence-corrected chi connectivity index (χ2v) is 5.69. The van der Waals surface area contributed by atoms with Crippen molar-refractivity contribution in [3.8, 4) is 17.2 Å². The van der Waals surface area contributed by atoms with Gasteiger partial charge >= 0.3 is 6.18 Å². The maximum absolute atomic E-state index is 12.1. The van der Waals surface area contributed by atoms with Gasteiger partial charge in [0.2, 0.25) is 5.91 Å². The molecule has 0 fully saturated rings. The standard InChI is InChI=1S/C19H20F3NO4/c1-25-16-8-5-14(9-17(16)26-2)10-18(24)23-11-13-3-6-15(7-4-13)27-12-19(20,21)22/h3-9H,10-12H2,1-2H3,(H,23,24). The minimum Gasteiger partial charge on any atom is -0.493 e. The van der Waals surface area contributed by atoms with E-state index in [0.29, 0.717) is 11.5 Å². The maximum Gasteiger partial charge on any atom is 0.422 e. The summed E-state index contributed by atoms with van der Waals surface area (Å²) in [6.45, 7) is -1.08. The van der Waals surface area contributed by atoms with Crippen molar-refractivity contribution in [2.45, 2.75) is 19.1 Å². The Bertz CT molecular complexity index is 761. The van der Waals surface area contributed by atoms with Crippen LogP contribution in [0.2, 0.25) is 0 Å². The number of alkyl halides is 3. The van der Waals surface area contributed by atoms with Crippen molar-refractivity contribution in [3.63, 3.8) is 0 Å². The zero-order valence-corrected chi connectivity index (χ0v) is 14.9. The number of amides is 1. The number of ether oxygens (including phenoxy) is 3. The SMILES string of the molecule is COc1ccc(CC(=O)NCc2ccc(OCC(F)(F)F)cc2)cc1OC. The number of nitrogens with one attached hydrogen (secondary N) is 1. The molecule has 2 aromatic rings. The van der Waals surface area contributed by atoms with E-state index in [9.17, 15) is 18.0 Å². The molecule has 2 aromatic carbocycles. The highest BCUT2D eigenvalue weighted by molar-refractivity contribution is 5.78. The van der Waals surface area contributed by atoms with Crippen LogP contribution in [0.25, 0.3) is 0 Å². The summed E-state index contributed by atoms with van der Waals surface area (Å²) in [5.41, 5.74) is 1.51. The quantitative estimate of drug-likeness (QED) is 0.758. The number of rotatable bonds is 8. The molecule has 0 aliphatic heterocycles. The van der Waals surface area contributed by atoms with E-state index in [0.717, 1.165) is 11.1 Å². The number of methoxy groups -OCH3 is 2. The molecule has 0 atom stereocenters. The van der Waals surface area contributed by atoms with Gasteiger partial charge in [-0.2, -0.15) is 13.2 Å². The van der Waals surface area contributed by atoms with Gasteiger partial charge in [-0.05, 0) is 35.4 Å². The van der Waals surface area contributed by atoms with Gasteiger partial charge < -0.3 is 19.5 Å². The molecule has 0 aliphatic rings. The fourth-order valence-corrected chi connectivity index (χ4v) is 2.31. The average molecular weight is 383 g/mol. The number of hydrogen-bond donors (Lipinski definition) is 1. The Labute approximate surface area is 155 Å². The van der Waals surface area contributed by atoms with E-state index in [2.05, 4.69) is 10.1 Å². The third-order valence-corrected chi connectivity index (χ3v) is 3.63. The normalized spacial score (nSPS) is 11.0. The summed E-state index contributed by atoms with van der Waals surface area (Å²) in [5.74, 6) is 1.04. The summed E-state index contributed by atoms with van der Waals surface area (Å²) < 4.78 is 51.3. The van der Waals surface area contributed by atoms with Crippen molar-refractivity contribution in [3.05, 3.63) is 53.6 Å². The molecule has 27 heavy (non-hydrogen) atoms. The topological polar surface area (TPSA) is 56.8 Å². The lowest BCUT2D eigenvalue weighted by molar-refractivity contribution is -0.153. The van der Waals surface area contributed by atoms with Crippen molar-refractivity contribution in [2.75, 3.05) is 20.8 Å². The molecule has 0 bridgehead atoms. The first kappa shape index (κ1) is 20.4. The van der Waals surface area contributed by atoms with Crippen LogP contribution in [0.1, 0.15) is 11.1 Å². The Morgan fingerprint density at radius 2 is 1.59 bits per heavy atom. The molecule has 0 saturated heterocycles. The summed E-state index contributed by atoms with van der Waals surface area (Å²) in [6.07, 6.45) is -4.22. The molecule has 1 amide bonds. The molecule has 0 aliphatic carbocycles. The zero-order valence-electron chi connectivity index (χ0n) is 14.9. The number of carbonyl (C=O) groups is 1. The van der Waals surface area contributed by atoms with Crippen molar-refractivity contribution in [1.29, 1.82) is 0 Å². The molecular formula is C19H20F3NO4. The summed E-state index contributed by atoms with van der Waals surface area (Å²) in [5, 5.41) is 2.76. The second kappa shape index (κ2) is 9.16. The van der Waals surface area contributed by atoms with Crippen molar-refractivity contribution in [2.24, 2.45) is 0 Å². The first-order valence-corrected chi connectivity index (χ1v) is 8.07. The lowest BCUT2D eigenvalue weighted by Gasteiger charge is -2.11. The van der Waals surface area contributed by atoms with Crippen LogP contribution in [0.3, 0.4) is 0 Å². The van der Waals surface area contributed by atoms with Gasteiger partial charge in [0.25, 0.3) is 0 Å². The van der Waals surface area contributed by atoms with E-state index in [1.165, 1.54) is 26.4 Å². The van der Waals surface area contributed by atoms with Gasteiger partial charge in [0.15, 0.2) is 18.1 Å². The Kier molecular flexibility index (Phi) is 6.92. The van der Waals surface area contributed by atoms with Crippen molar-refractivity contribution < 1.29 is 32.2 Å². The molecule has 0 aromatic heterocycles. The molecule has 5 nitrogen and oxygen atoms in total. The van der Waals surface area contributed by atoms with Gasteiger partial charge in [-0.1, -0.05) is 18.2 Å². The number of carbonyl (C=O) groups excluding carboxylic acids is 1. The van der Waals surface area contributed by atoms with Crippen molar-refractivity contribution in [1.82, 2.24) is 5.32 Å². The lowest BCUT2D eigenvalue weighted by atomic mass is 10.1. The first-order chi connectivity index (χ1) is 12.8. The van der Waals surface area contributed by atoms with Gasteiger partial charge in [0, 0.05) is 6.54 Å². The molecule has 0 spiro atoms. The second-order valence-electron chi connectivity index (χ2n) is 5.69. The molecular weight excluding hydrogens is 363 g/mol. The summed E-state index contributed by atoms with van der Waals surface area (Å²) in [6, 6.07) is 11.3. The molecule has 0 unspecified atom stereocenters. The predicted octanol–water partition coefficient (Wildman–Crippen LogP) is 3.50. The molecule has 0 radical (unpaired) electrons. The molecule has 0 heterocycles. The third-order valence-electron chi connectivity index (χ3n) is 3.63. The summed E-state index contributed by atoms with van der Waals surface area (Å²) >= 11 is 0. The maximum atomic E-state index is 12.1. The van der Waals surface area contributed by atoms with E-state index in [1.807, 2.05) is 0 Å². The van der Waals surface area contributed by atoms with Crippen molar-refractivity contribution >= 4 is 5.91 Å². The van der Waals surface area contributed by atoms with E-state index in [4.69, 9.17) is 9.47 Å². The Morgan fingerprint density at radius 3 is 2.19 bits per heavy atom. The van der Waals surface area contributed by atoms with Crippen LogP contribution in [0, 0.1) is 0 Å². The van der Waals surface area contributed by atoms with Crippen LogP contribution >= 0.6 is 0 Å². The van der Waals surface area contributed by atoms with Crippen LogP contribution in [0.15, 0.2) is 42.5 Å². The fourth-order valence-electron chi connectivity index (χ4n) is 2.31. The summed E-state index contributed by atoms with van der Waals surface area (Å²) in [4.78, 5) is 12.1. The fraction of sp³-hybridized carbons (Fsp3) is 0.316. The molecule has 146 valence electrons. The minimum atomic E-state index is -4.38. The van der Waals surface area contributed by atoms with Gasteiger partial charge in [-0.25, -0.2) is 0 Å². The third kappa shape index (κ3) is 6.73. The number of hydrogen-bond acceptors (Lipinski definition) is 4. The van der Waals surface area contributed by atoms with Gasteiger partial charge in [0.1, 0.15) is 5.75 Å². The number of halogens is 3. The minimum absolute atomic E-state index is 0.118. The highest BCUT2D eigenvalue weighted by Gasteiger charge is 2.28. The molecule has 8 heteroatoms. The van der Waals surface area contributed by atoms with Crippen LogP contribution < -0.4 is 19.5 Å². The van der Waals surface area contributed by atoms with Crippen LogP contribution in [-0.4, -0.2) is 32.9 Å². The molecule has 2 rings (SSSR count). The highest BCUT2D eigenvalue weighted by Crippen LogP contribution is 2.27. The van der Waals surface area contributed by atoms with E-state index >= 15 is 0 Å². The van der Waals surface area contributed by atoms with Crippen LogP contribution in [0.5, 0.6) is 17.2 Å². The zero-order chi connectivity index (χ0) is 19.9. The van der Waals surface area contributed by atoms with E-state index < -0.39 is 12.8 Å². The van der Waals surface area contributed by atoms with E-state index in [-0.39, 0.29) is 24.6 Å². The average Bonchev–Trinajstić information content (AvgIpc) is 2.64. The Balaban J connectivity index is 1.85. The first-order valence-electron chi connectivity index (χ1n) is 8.07. The number of benzene rings is 2. The lowest BCUT2D eigenvalue weighted by Crippen LogP contribution is -2.24. The monoisotopic (exact) mass is 383 g/mol. The van der Waals surface area contributed by atoms with Gasteiger partial charge in [0.05, 0.1) is 20.6 Å². The Hall–Kier alpha value is -2.90. The predicted molar refractivity (Wildman–Crippen MR) is 93.1 cm³/mol. The van der Waals surface area contributed by atoms with Crippen LogP contribution in [-0.2, 0) is 17.8 Å². The summed E-state index contributed by atoms with van der Waals surface area (Å²) in [7, 11) is 3.05. The smallest absolute Gasteiger partial charge is 0.422 e. The van der Waals surface area contributed by atoms with E-state index in [1.54, 1.807) is 30.3 Å². The highest BCUT2D eigenvalue weighted by atomic mass is 19.4. The van der Waals surface area contributed by atoms with Gasteiger partial charge in [-0.3, -0.25) is 4.79 Å². The Morgan fingerprint density at radius 1 is 0.963 bits per heavy atom. The largest absolute Gasteiger partial charge is 0.493 e. The molecule has 1 N–H and O–H groups in total. The van der Waals surface area contributed by atoms with Crippen LogP contribution in [0.4, 0.5) is 13.2 Å². The molecule has 0 saturated carbocycles.